The van der Waals surface area contributed by atoms with Crippen molar-refractivity contribution in [3.8, 4) is 5.75 Å². The number of sulfonamides is 1. The molecule has 0 saturated carbocycles. The SMILES string of the molecule is COc1ccc(S(=O)(=O)N(C)C)cc1NC(=O)c1cc(C(C)C)nc2c1cnn2C(C)C. The minimum absolute atomic E-state index is 0.0500. The van der Waals surface area contributed by atoms with Gasteiger partial charge in [-0.3, -0.25) is 4.79 Å². The Morgan fingerprint density at radius 1 is 1.16 bits per heavy atom. The number of aromatic nitrogens is 3. The fourth-order valence-corrected chi connectivity index (χ4v) is 4.17. The molecule has 0 aliphatic carbocycles. The van der Waals surface area contributed by atoms with Crippen LogP contribution in [0.3, 0.4) is 0 Å². The summed E-state index contributed by atoms with van der Waals surface area (Å²) in [6.45, 7) is 8.00. The lowest BCUT2D eigenvalue weighted by atomic mass is 10.0. The second-order valence-electron chi connectivity index (χ2n) is 8.27. The number of nitrogens with zero attached hydrogens (tertiary/aromatic N) is 4. The molecule has 0 atom stereocenters. The van der Waals surface area contributed by atoms with E-state index in [0.717, 1.165) is 10.00 Å². The Bertz CT molecular complexity index is 1260. The highest BCUT2D eigenvalue weighted by Gasteiger charge is 2.22. The summed E-state index contributed by atoms with van der Waals surface area (Å²) in [5.74, 6) is 0.0492. The monoisotopic (exact) mass is 459 g/mol. The number of amides is 1. The van der Waals surface area contributed by atoms with E-state index < -0.39 is 15.9 Å². The Balaban J connectivity index is 2.11. The first-order valence-corrected chi connectivity index (χ1v) is 11.7. The van der Waals surface area contributed by atoms with Gasteiger partial charge < -0.3 is 10.1 Å². The molecule has 0 saturated heterocycles. The number of fused-ring (bicyclic) bond motifs is 1. The van der Waals surface area contributed by atoms with Crippen molar-refractivity contribution >= 4 is 32.7 Å². The predicted octanol–water partition coefficient (Wildman–Crippen LogP) is 3.65. The maximum absolute atomic E-state index is 13.4. The molecule has 0 fully saturated rings. The molecule has 9 nitrogen and oxygen atoms in total. The minimum Gasteiger partial charge on any atom is -0.495 e. The van der Waals surface area contributed by atoms with E-state index in [1.165, 1.54) is 39.4 Å². The standard InChI is InChI=1S/C22H29N5O4S/c1-13(2)18-11-16(17-12-23-27(14(3)4)21(17)24-18)22(28)25-19-10-15(8-9-20(19)31-7)32(29,30)26(5)6/h8-14H,1-7H3,(H,25,28). The Hall–Kier alpha value is -2.98. The number of carbonyl (C=O) groups is 1. The third-order valence-corrected chi connectivity index (χ3v) is 6.92. The predicted molar refractivity (Wildman–Crippen MR) is 124 cm³/mol. The molecule has 32 heavy (non-hydrogen) atoms. The molecule has 3 aromatic rings. The molecule has 1 amide bonds. The number of pyridine rings is 1. The van der Waals surface area contributed by atoms with Gasteiger partial charge in [-0.2, -0.15) is 5.10 Å². The van der Waals surface area contributed by atoms with Crippen LogP contribution in [-0.2, 0) is 10.0 Å². The molecule has 0 bridgehead atoms. The summed E-state index contributed by atoms with van der Waals surface area (Å²) >= 11 is 0. The molecule has 1 aromatic carbocycles. The van der Waals surface area contributed by atoms with Gasteiger partial charge >= 0.3 is 0 Å². The van der Waals surface area contributed by atoms with E-state index in [1.54, 1.807) is 16.9 Å². The van der Waals surface area contributed by atoms with Crippen LogP contribution in [0.2, 0.25) is 0 Å². The summed E-state index contributed by atoms with van der Waals surface area (Å²) in [5.41, 5.74) is 2.06. The Kier molecular flexibility index (Phi) is 6.56. The van der Waals surface area contributed by atoms with Gasteiger partial charge in [0.25, 0.3) is 5.91 Å². The molecule has 2 aromatic heterocycles. The Morgan fingerprint density at radius 2 is 1.84 bits per heavy atom. The van der Waals surface area contributed by atoms with Crippen LogP contribution >= 0.6 is 0 Å². The van der Waals surface area contributed by atoms with E-state index in [0.29, 0.717) is 22.3 Å². The van der Waals surface area contributed by atoms with Crippen molar-refractivity contribution in [1.29, 1.82) is 0 Å². The first kappa shape index (κ1) is 23.7. The lowest BCUT2D eigenvalue weighted by molar-refractivity contribution is 0.102. The summed E-state index contributed by atoms with van der Waals surface area (Å²) < 4.78 is 33.3. The van der Waals surface area contributed by atoms with Crippen LogP contribution in [0.15, 0.2) is 35.4 Å². The second-order valence-corrected chi connectivity index (χ2v) is 10.4. The average molecular weight is 460 g/mol. The van der Waals surface area contributed by atoms with Gasteiger partial charge in [0.05, 0.1) is 34.8 Å². The summed E-state index contributed by atoms with van der Waals surface area (Å²) in [6.07, 6.45) is 1.63. The minimum atomic E-state index is -3.68. The Morgan fingerprint density at radius 3 is 2.41 bits per heavy atom. The zero-order chi connectivity index (χ0) is 23.8. The maximum atomic E-state index is 13.4. The van der Waals surface area contributed by atoms with Gasteiger partial charge in [-0.15, -0.1) is 0 Å². The molecular weight excluding hydrogens is 430 g/mol. The van der Waals surface area contributed by atoms with Gasteiger partial charge in [-0.25, -0.2) is 22.4 Å². The number of hydrogen-bond acceptors (Lipinski definition) is 6. The van der Waals surface area contributed by atoms with Crippen LogP contribution in [0.25, 0.3) is 11.0 Å². The molecule has 2 heterocycles. The number of methoxy groups -OCH3 is 1. The quantitative estimate of drug-likeness (QED) is 0.578. The van der Waals surface area contributed by atoms with Gasteiger partial charge in [0.1, 0.15) is 5.75 Å². The number of nitrogens with one attached hydrogen (secondary N) is 1. The van der Waals surface area contributed by atoms with Crippen molar-refractivity contribution in [1.82, 2.24) is 19.1 Å². The van der Waals surface area contributed by atoms with Gasteiger partial charge in [0, 0.05) is 25.8 Å². The van der Waals surface area contributed by atoms with E-state index in [9.17, 15) is 13.2 Å². The molecule has 0 aliphatic rings. The van der Waals surface area contributed by atoms with Crippen LogP contribution in [0.4, 0.5) is 5.69 Å². The second kappa shape index (κ2) is 8.87. The van der Waals surface area contributed by atoms with Crippen molar-refractivity contribution < 1.29 is 17.9 Å². The molecule has 3 rings (SSSR count). The first-order chi connectivity index (χ1) is 15.0. The highest BCUT2D eigenvalue weighted by molar-refractivity contribution is 7.89. The molecule has 0 radical (unpaired) electrons. The van der Waals surface area contributed by atoms with Crippen LogP contribution in [0, 0.1) is 0 Å². The van der Waals surface area contributed by atoms with Crippen molar-refractivity contribution in [2.24, 2.45) is 0 Å². The van der Waals surface area contributed by atoms with Crippen LogP contribution < -0.4 is 10.1 Å². The van der Waals surface area contributed by atoms with Crippen molar-refractivity contribution in [2.75, 3.05) is 26.5 Å². The average Bonchev–Trinajstić information content (AvgIpc) is 3.17. The zero-order valence-electron chi connectivity index (χ0n) is 19.4. The lowest BCUT2D eigenvalue weighted by Gasteiger charge is -2.16. The number of anilines is 1. The van der Waals surface area contributed by atoms with E-state index in [4.69, 9.17) is 9.72 Å². The number of rotatable bonds is 7. The number of ether oxygens (including phenoxy) is 1. The Labute approximate surface area is 188 Å². The summed E-state index contributed by atoms with van der Waals surface area (Å²) in [7, 11) is 0.677. The van der Waals surface area contributed by atoms with Crippen LogP contribution in [-0.4, -0.2) is 54.6 Å². The van der Waals surface area contributed by atoms with Crippen molar-refractivity contribution in [2.45, 2.75) is 44.6 Å². The summed E-state index contributed by atoms with van der Waals surface area (Å²) in [5, 5.41) is 7.85. The molecule has 10 heteroatoms. The largest absolute Gasteiger partial charge is 0.495 e. The number of hydrogen-bond donors (Lipinski definition) is 1. The normalized spacial score (nSPS) is 12.2. The zero-order valence-corrected chi connectivity index (χ0v) is 20.2. The van der Waals surface area contributed by atoms with E-state index in [-0.39, 0.29) is 22.5 Å². The number of benzene rings is 1. The topological polar surface area (TPSA) is 106 Å². The van der Waals surface area contributed by atoms with E-state index in [1.807, 2.05) is 27.7 Å². The fourth-order valence-electron chi connectivity index (χ4n) is 3.24. The first-order valence-electron chi connectivity index (χ1n) is 10.3. The third-order valence-electron chi connectivity index (χ3n) is 5.11. The van der Waals surface area contributed by atoms with Gasteiger partial charge in [-0.1, -0.05) is 13.8 Å². The third kappa shape index (κ3) is 4.33. The van der Waals surface area contributed by atoms with E-state index >= 15 is 0 Å². The molecule has 0 spiro atoms. The molecule has 172 valence electrons. The highest BCUT2D eigenvalue weighted by Crippen LogP contribution is 2.30. The lowest BCUT2D eigenvalue weighted by Crippen LogP contribution is -2.22. The highest BCUT2D eigenvalue weighted by atomic mass is 32.2. The van der Waals surface area contributed by atoms with E-state index in [2.05, 4.69) is 10.4 Å². The summed E-state index contributed by atoms with van der Waals surface area (Å²) in [4.78, 5) is 18.1. The maximum Gasteiger partial charge on any atom is 0.256 e. The molecule has 0 unspecified atom stereocenters. The molecule has 1 N–H and O–H groups in total. The molecule has 0 aliphatic heterocycles. The number of carbonyl (C=O) groups excluding carboxylic acids is 1. The van der Waals surface area contributed by atoms with Crippen molar-refractivity contribution in [3.63, 3.8) is 0 Å². The smallest absolute Gasteiger partial charge is 0.256 e. The van der Waals surface area contributed by atoms with Crippen LogP contribution in [0.5, 0.6) is 5.75 Å². The fraction of sp³-hybridized carbons (Fsp3) is 0.409. The van der Waals surface area contributed by atoms with Gasteiger partial charge in [0.15, 0.2) is 5.65 Å². The van der Waals surface area contributed by atoms with Gasteiger partial charge in [0.2, 0.25) is 10.0 Å². The van der Waals surface area contributed by atoms with Crippen LogP contribution in [0.1, 0.15) is 55.7 Å². The molecular formula is C22H29N5O4S. The van der Waals surface area contributed by atoms with Gasteiger partial charge in [-0.05, 0) is 44.0 Å². The summed E-state index contributed by atoms with van der Waals surface area (Å²) in [6, 6.07) is 6.18. The van der Waals surface area contributed by atoms with Crippen molar-refractivity contribution in [3.05, 3.63) is 41.7 Å².